The van der Waals surface area contributed by atoms with Gasteiger partial charge in [0.15, 0.2) is 0 Å². The van der Waals surface area contributed by atoms with Gasteiger partial charge in [0.25, 0.3) is 5.91 Å². The minimum atomic E-state index is -0.312. The molecule has 1 amide bonds. The highest BCUT2D eigenvalue weighted by molar-refractivity contribution is 7.08. The minimum absolute atomic E-state index is 0.209. The van der Waals surface area contributed by atoms with Crippen LogP contribution in [0.5, 0.6) is 0 Å². The monoisotopic (exact) mass is 220 g/mol. The lowest BCUT2D eigenvalue weighted by Gasteiger charge is -2.01. The van der Waals surface area contributed by atoms with Crippen molar-refractivity contribution >= 4 is 28.7 Å². The van der Waals surface area contributed by atoms with Gasteiger partial charge in [-0.25, -0.2) is 4.98 Å². The maximum absolute atomic E-state index is 11.6. The smallest absolute Gasteiger partial charge is 0.275 e. The number of amides is 1. The zero-order valence-electron chi connectivity index (χ0n) is 7.68. The van der Waals surface area contributed by atoms with Crippen molar-refractivity contribution in [3.05, 3.63) is 34.9 Å². The zero-order chi connectivity index (χ0) is 10.7. The van der Waals surface area contributed by atoms with E-state index in [2.05, 4.69) is 15.3 Å². The maximum Gasteiger partial charge on any atom is 0.275 e. The van der Waals surface area contributed by atoms with Gasteiger partial charge < -0.3 is 11.1 Å². The molecule has 0 saturated carbocycles. The molecule has 0 fully saturated rings. The third-order valence-electron chi connectivity index (χ3n) is 1.66. The normalized spacial score (nSPS) is 9.87. The average molecular weight is 220 g/mol. The molecule has 6 heteroatoms. The van der Waals surface area contributed by atoms with Gasteiger partial charge in [0, 0.05) is 5.38 Å². The maximum atomic E-state index is 11.6. The van der Waals surface area contributed by atoms with Gasteiger partial charge in [-0.1, -0.05) is 0 Å². The van der Waals surface area contributed by atoms with E-state index < -0.39 is 0 Å². The summed E-state index contributed by atoms with van der Waals surface area (Å²) < 4.78 is 0. The molecule has 3 N–H and O–H groups in total. The van der Waals surface area contributed by atoms with Crippen molar-refractivity contribution in [3.63, 3.8) is 0 Å². The van der Waals surface area contributed by atoms with E-state index in [-0.39, 0.29) is 17.4 Å². The van der Waals surface area contributed by atoms with Crippen LogP contribution < -0.4 is 11.1 Å². The second-order valence-corrected chi connectivity index (χ2v) is 3.58. The Balaban J connectivity index is 2.15. The second kappa shape index (κ2) is 4.05. The van der Waals surface area contributed by atoms with E-state index in [0.29, 0.717) is 0 Å². The Morgan fingerprint density at radius 2 is 2.33 bits per heavy atom. The first kappa shape index (κ1) is 9.60. The van der Waals surface area contributed by atoms with E-state index in [1.807, 2.05) is 16.8 Å². The van der Waals surface area contributed by atoms with Crippen LogP contribution in [-0.4, -0.2) is 15.9 Å². The molecular formula is C9H8N4OS. The number of nitrogens with zero attached hydrogens (tertiary/aromatic N) is 2. The van der Waals surface area contributed by atoms with Gasteiger partial charge in [0.1, 0.15) is 11.5 Å². The number of carbonyl (C=O) groups is 1. The number of nitrogen functional groups attached to an aromatic ring is 1. The molecule has 0 spiro atoms. The predicted octanol–water partition coefficient (Wildman–Crippen LogP) is 1.37. The summed E-state index contributed by atoms with van der Waals surface area (Å²) in [7, 11) is 0. The van der Waals surface area contributed by atoms with Crippen LogP contribution in [0, 0.1) is 0 Å². The number of hydrogen-bond donors (Lipinski definition) is 2. The Labute approximate surface area is 90.0 Å². The summed E-state index contributed by atoms with van der Waals surface area (Å²) in [6.45, 7) is 0. The first-order chi connectivity index (χ1) is 7.25. The van der Waals surface area contributed by atoms with Crippen molar-refractivity contribution < 1.29 is 4.79 Å². The van der Waals surface area contributed by atoms with Gasteiger partial charge in [0.2, 0.25) is 0 Å². The van der Waals surface area contributed by atoms with Gasteiger partial charge in [-0.15, -0.1) is 0 Å². The predicted molar refractivity (Wildman–Crippen MR) is 58.7 cm³/mol. The van der Waals surface area contributed by atoms with Crippen molar-refractivity contribution in [3.8, 4) is 0 Å². The summed E-state index contributed by atoms with van der Waals surface area (Å²) in [5.41, 5.74) is 6.37. The molecule has 2 heterocycles. The van der Waals surface area contributed by atoms with E-state index in [0.717, 1.165) is 5.69 Å². The first-order valence-electron chi connectivity index (χ1n) is 4.17. The summed E-state index contributed by atoms with van der Waals surface area (Å²) >= 11 is 1.50. The van der Waals surface area contributed by atoms with Gasteiger partial charge in [0.05, 0.1) is 18.1 Å². The molecule has 0 bridgehead atoms. The number of nitrogens with two attached hydrogens (primary N) is 1. The number of anilines is 2. The molecule has 0 unspecified atom stereocenters. The Morgan fingerprint density at radius 1 is 1.47 bits per heavy atom. The highest BCUT2D eigenvalue weighted by Gasteiger charge is 2.08. The SMILES string of the molecule is Nc1cncc(C(=O)Nc2ccsc2)n1. The van der Waals surface area contributed by atoms with Crippen LogP contribution in [0.4, 0.5) is 11.5 Å². The Kier molecular flexibility index (Phi) is 2.59. The van der Waals surface area contributed by atoms with Crippen molar-refractivity contribution in [1.29, 1.82) is 0 Å². The standard InChI is InChI=1S/C9H8N4OS/c10-8-4-11-3-7(13-8)9(14)12-6-1-2-15-5-6/h1-5H,(H2,10,13)(H,12,14). The first-order valence-corrected chi connectivity index (χ1v) is 5.11. The molecule has 2 rings (SSSR count). The molecule has 0 aliphatic rings. The number of thiophene rings is 1. The molecule has 76 valence electrons. The highest BCUT2D eigenvalue weighted by atomic mass is 32.1. The van der Waals surface area contributed by atoms with Gasteiger partial charge >= 0.3 is 0 Å². The lowest BCUT2D eigenvalue weighted by molar-refractivity contribution is 0.102. The zero-order valence-corrected chi connectivity index (χ0v) is 8.49. The number of rotatable bonds is 2. The second-order valence-electron chi connectivity index (χ2n) is 2.80. The van der Waals surface area contributed by atoms with E-state index in [9.17, 15) is 4.79 Å². The van der Waals surface area contributed by atoms with E-state index in [4.69, 9.17) is 5.73 Å². The fourth-order valence-corrected chi connectivity index (χ4v) is 1.61. The van der Waals surface area contributed by atoms with Crippen LogP contribution >= 0.6 is 11.3 Å². The van der Waals surface area contributed by atoms with E-state index >= 15 is 0 Å². The van der Waals surface area contributed by atoms with E-state index in [1.165, 1.54) is 23.7 Å². The number of carbonyl (C=O) groups excluding carboxylic acids is 1. The summed E-state index contributed by atoms with van der Waals surface area (Å²) in [6.07, 6.45) is 2.76. The third kappa shape index (κ3) is 2.29. The molecule has 0 aliphatic carbocycles. The molecule has 0 atom stereocenters. The Morgan fingerprint density at radius 3 is 3.00 bits per heavy atom. The van der Waals surface area contributed by atoms with Crippen LogP contribution in [0.15, 0.2) is 29.2 Å². The average Bonchev–Trinajstić information content (AvgIpc) is 2.70. The minimum Gasteiger partial charge on any atom is -0.382 e. The molecule has 5 nitrogen and oxygen atoms in total. The number of hydrogen-bond acceptors (Lipinski definition) is 5. The fraction of sp³-hybridized carbons (Fsp3) is 0. The van der Waals surface area contributed by atoms with Crippen LogP contribution in [-0.2, 0) is 0 Å². The van der Waals surface area contributed by atoms with Crippen LogP contribution in [0.1, 0.15) is 10.5 Å². The van der Waals surface area contributed by atoms with Gasteiger partial charge in [-0.3, -0.25) is 9.78 Å². The van der Waals surface area contributed by atoms with Crippen LogP contribution in [0.2, 0.25) is 0 Å². The van der Waals surface area contributed by atoms with Crippen molar-refractivity contribution in [1.82, 2.24) is 9.97 Å². The third-order valence-corrected chi connectivity index (χ3v) is 2.35. The summed E-state index contributed by atoms with van der Waals surface area (Å²) in [5.74, 6) is -0.0823. The molecule has 15 heavy (non-hydrogen) atoms. The fourth-order valence-electron chi connectivity index (χ4n) is 1.02. The summed E-state index contributed by atoms with van der Waals surface area (Å²) in [4.78, 5) is 19.2. The van der Waals surface area contributed by atoms with Crippen LogP contribution in [0.25, 0.3) is 0 Å². The van der Waals surface area contributed by atoms with Crippen molar-refractivity contribution in [2.24, 2.45) is 0 Å². The molecule has 2 aromatic rings. The van der Waals surface area contributed by atoms with Crippen molar-refractivity contribution in [2.75, 3.05) is 11.1 Å². The molecular weight excluding hydrogens is 212 g/mol. The Hall–Kier alpha value is -1.95. The molecule has 0 saturated heterocycles. The summed E-state index contributed by atoms with van der Waals surface area (Å²) in [5, 5.41) is 6.39. The molecule has 0 aromatic carbocycles. The van der Waals surface area contributed by atoms with Gasteiger partial charge in [-0.2, -0.15) is 11.3 Å². The largest absolute Gasteiger partial charge is 0.382 e. The topological polar surface area (TPSA) is 80.9 Å². The lowest BCUT2D eigenvalue weighted by Crippen LogP contribution is -2.14. The number of aromatic nitrogens is 2. The molecule has 2 aromatic heterocycles. The summed E-state index contributed by atoms with van der Waals surface area (Å²) in [6, 6.07) is 1.81. The molecule has 0 radical (unpaired) electrons. The van der Waals surface area contributed by atoms with Crippen molar-refractivity contribution in [2.45, 2.75) is 0 Å². The quantitative estimate of drug-likeness (QED) is 0.801. The number of nitrogens with one attached hydrogen (secondary N) is 1. The Bertz CT molecular complexity index is 469. The highest BCUT2D eigenvalue weighted by Crippen LogP contribution is 2.12. The lowest BCUT2D eigenvalue weighted by atomic mass is 10.4. The van der Waals surface area contributed by atoms with Gasteiger partial charge in [-0.05, 0) is 11.4 Å². The van der Waals surface area contributed by atoms with Crippen LogP contribution in [0.3, 0.4) is 0 Å². The van der Waals surface area contributed by atoms with E-state index in [1.54, 1.807) is 0 Å². The molecule has 0 aliphatic heterocycles.